The van der Waals surface area contributed by atoms with E-state index in [2.05, 4.69) is 20.6 Å². The van der Waals surface area contributed by atoms with Gasteiger partial charge in [0.15, 0.2) is 0 Å². The van der Waals surface area contributed by atoms with Crippen LogP contribution in [-0.2, 0) is 11.8 Å². The van der Waals surface area contributed by atoms with Gasteiger partial charge >= 0.3 is 6.03 Å². The van der Waals surface area contributed by atoms with Gasteiger partial charge in [-0.15, -0.1) is 0 Å². The second-order valence-corrected chi connectivity index (χ2v) is 5.40. The fourth-order valence-electron chi connectivity index (χ4n) is 2.51. The molecule has 0 bridgehead atoms. The number of nitrogens with zero attached hydrogens (tertiary/aromatic N) is 3. The number of carbonyl (C=O) groups excluding carboxylic acids is 1. The first kappa shape index (κ1) is 14.5. The standard InChI is InChI=1S/C15H19N5O2/c1-10-3-4-12(17-9-10)19-15(21)18-11-5-8-22-13(11)14-16-6-7-20(14)2/h3-4,6-7,9,11,13H,5,8H2,1-2H3,(H2,17,18,19,21)/t11-,13-/m0/s1. The molecular formula is C15H19N5O2. The lowest BCUT2D eigenvalue weighted by atomic mass is 10.1. The molecule has 0 unspecified atom stereocenters. The maximum Gasteiger partial charge on any atom is 0.320 e. The van der Waals surface area contributed by atoms with Gasteiger partial charge in [-0.3, -0.25) is 5.32 Å². The molecule has 2 amide bonds. The maximum absolute atomic E-state index is 12.1. The summed E-state index contributed by atoms with van der Waals surface area (Å²) < 4.78 is 7.62. The van der Waals surface area contributed by atoms with Crippen LogP contribution in [0.1, 0.15) is 23.9 Å². The number of imidazole rings is 1. The Morgan fingerprint density at radius 3 is 2.95 bits per heavy atom. The first-order chi connectivity index (χ1) is 10.6. The van der Waals surface area contributed by atoms with Crippen molar-refractivity contribution in [1.29, 1.82) is 0 Å². The molecule has 1 fully saturated rings. The number of ether oxygens (including phenoxy) is 1. The number of hydrogen-bond acceptors (Lipinski definition) is 4. The highest BCUT2D eigenvalue weighted by Crippen LogP contribution is 2.27. The Labute approximate surface area is 128 Å². The van der Waals surface area contributed by atoms with E-state index in [1.54, 1.807) is 18.5 Å². The molecule has 0 aromatic carbocycles. The van der Waals surface area contributed by atoms with E-state index in [1.165, 1.54) is 0 Å². The number of urea groups is 1. The molecule has 116 valence electrons. The summed E-state index contributed by atoms with van der Waals surface area (Å²) in [4.78, 5) is 20.6. The van der Waals surface area contributed by atoms with E-state index in [-0.39, 0.29) is 18.2 Å². The minimum atomic E-state index is -0.286. The minimum Gasteiger partial charge on any atom is -0.368 e. The van der Waals surface area contributed by atoms with Gasteiger partial charge in [0.2, 0.25) is 0 Å². The molecule has 1 aliphatic heterocycles. The van der Waals surface area contributed by atoms with Crippen molar-refractivity contribution in [1.82, 2.24) is 19.9 Å². The number of carbonyl (C=O) groups is 1. The van der Waals surface area contributed by atoms with Crippen molar-refractivity contribution in [3.63, 3.8) is 0 Å². The van der Waals surface area contributed by atoms with Crippen molar-refractivity contribution in [2.24, 2.45) is 7.05 Å². The van der Waals surface area contributed by atoms with Crippen molar-refractivity contribution < 1.29 is 9.53 Å². The number of hydrogen-bond donors (Lipinski definition) is 2. The van der Waals surface area contributed by atoms with Crippen LogP contribution in [0.5, 0.6) is 0 Å². The number of aryl methyl sites for hydroxylation is 2. The number of aromatic nitrogens is 3. The molecule has 2 aromatic heterocycles. The van der Waals surface area contributed by atoms with Crippen LogP contribution in [0.3, 0.4) is 0 Å². The first-order valence-electron chi connectivity index (χ1n) is 7.22. The van der Waals surface area contributed by atoms with Gasteiger partial charge in [-0.1, -0.05) is 6.07 Å². The number of amides is 2. The molecule has 2 N–H and O–H groups in total. The Bertz CT molecular complexity index is 652. The minimum absolute atomic E-state index is 0.105. The van der Waals surface area contributed by atoms with E-state index in [0.717, 1.165) is 17.8 Å². The molecule has 0 aliphatic carbocycles. The zero-order valence-corrected chi connectivity index (χ0v) is 12.6. The van der Waals surface area contributed by atoms with Gasteiger partial charge in [-0.05, 0) is 25.0 Å². The third kappa shape index (κ3) is 3.09. The molecule has 3 rings (SSSR count). The van der Waals surface area contributed by atoms with Crippen molar-refractivity contribution in [2.45, 2.75) is 25.5 Å². The summed E-state index contributed by atoms with van der Waals surface area (Å²) >= 11 is 0. The summed E-state index contributed by atoms with van der Waals surface area (Å²) in [5.74, 6) is 1.34. The number of nitrogens with one attached hydrogen (secondary N) is 2. The van der Waals surface area contributed by atoms with Crippen molar-refractivity contribution in [3.05, 3.63) is 42.1 Å². The van der Waals surface area contributed by atoms with E-state index >= 15 is 0 Å². The normalized spacial score (nSPS) is 20.8. The van der Waals surface area contributed by atoms with Gasteiger partial charge < -0.3 is 14.6 Å². The molecule has 7 heteroatoms. The van der Waals surface area contributed by atoms with E-state index in [9.17, 15) is 4.79 Å². The van der Waals surface area contributed by atoms with E-state index in [1.807, 2.05) is 30.8 Å². The van der Waals surface area contributed by atoms with Crippen LogP contribution in [-0.4, -0.2) is 33.2 Å². The fourth-order valence-corrected chi connectivity index (χ4v) is 2.51. The molecule has 0 spiro atoms. The Morgan fingerprint density at radius 2 is 2.27 bits per heavy atom. The van der Waals surface area contributed by atoms with Gasteiger partial charge in [-0.25, -0.2) is 14.8 Å². The smallest absolute Gasteiger partial charge is 0.320 e. The molecule has 2 aromatic rings. The molecule has 0 radical (unpaired) electrons. The molecule has 22 heavy (non-hydrogen) atoms. The first-order valence-corrected chi connectivity index (χ1v) is 7.22. The lowest BCUT2D eigenvalue weighted by molar-refractivity contribution is 0.0913. The summed E-state index contributed by atoms with van der Waals surface area (Å²) in [5.41, 5.74) is 1.05. The van der Waals surface area contributed by atoms with Crippen LogP contribution in [0.4, 0.5) is 10.6 Å². The van der Waals surface area contributed by atoms with E-state index in [4.69, 9.17) is 4.74 Å². The van der Waals surface area contributed by atoms with Gasteiger partial charge in [0.25, 0.3) is 0 Å². The Hall–Kier alpha value is -2.41. The Kier molecular flexibility index (Phi) is 4.06. The predicted molar refractivity (Wildman–Crippen MR) is 81.4 cm³/mol. The van der Waals surface area contributed by atoms with E-state index in [0.29, 0.717) is 12.4 Å². The Balaban J connectivity index is 1.63. The Morgan fingerprint density at radius 1 is 1.41 bits per heavy atom. The van der Waals surface area contributed by atoms with Crippen LogP contribution in [0.25, 0.3) is 0 Å². The second-order valence-electron chi connectivity index (χ2n) is 5.40. The fraction of sp³-hybridized carbons (Fsp3) is 0.400. The number of pyridine rings is 1. The SMILES string of the molecule is Cc1ccc(NC(=O)N[C@H]2CCO[C@@H]2c2nccn2C)nc1. The summed E-state index contributed by atoms with van der Waals surface area (Å²) in [6.45, 7) is 2.55. The third-order valence-electron chi connectivity index (χ3n) is 3.67. The van der Waals surface area contributed by atoms with Gasteiger partial charge in [0.1, 0.15) is 17.7 Å². The summed E-state index contributed by atoms with van der Waals surface area (Å²) in [6, 6.07) is 3.28. The van der Waals surface area contributed by atoms with Crippen LogP contribution < -0.4 is 10.6 Å². The molecule has 2 atom stereocenters. The monoisotopic (exact) mass is 301 g/mol. The average molecular weight is 301 g/mol. The summed E-state index contributed by atoms with van der Waals surface area (Å²) in [7, 11) is 1.91. The topological polar surface area (TPSA) is 81.1 Å². The molecule has 1 saturated heterocycles. The number of anilines is 1. The van der Waals surface area contributed by atoms with E-state index < -0.39 is 0 Å². The van der Waals surface area contributed by atoms with Crippen molar-refractivity contribution in [2.75, 3.05) is 11.9 Å². The van der Waals surface area contributed by atoms with Gasteiger partial charge in [-0.2, -0.15) is 0 Å². The molecular weight excluding hydrogens is 282 g/mol. The lowest BCUT2D eigenvalue weighted by Crippen LogP contribution is -2.40. The molecule has 0 saturated carbocycles. The third-order valence-corrected chi connectivity index (χ3v) is 3.67. The largest absolute Gasteiger partial charge is 0.368 e. The maximum atomic E-state index is 12.1. The van der Waals surface area contributed by atoms with Crippen molar-refractivity contribution >= 4 is 11.8 Å². The van der Waals surface area contributed by atoms with Gasteiger partial charge in [0, 0.05) is 32.2 Å². The lowest BCUT2D eigenvalue weighted by Gasteiger charge is -2.19. The van der Waals surface area contributed by atoms with Crippen molar-refractivity contribution in [3.8, 4) is 0 Å². The zero-order chi connectivity index (χ0) is 15.5. The summed E-state index contributed by atoms with van der Waals surface area (Å²) in [6.07, 6.45) is 5.84. The second kappa shape index (κ2) is 6.15. The molecule has 7 nitrogen and oxygen atoms in total. The predicted octanol–water partition coefficient (Wildman–Crippen LogP) is 1.78. The van der Waals surface area contributed by atoms with Crippen LogP contribution in [0.15, 0.2) is 30.7 Å². The van der Waals surface area contributed by atoms with Crippen LogP contribution in [0.2, 0.25) is 0 Å². The quantitative estimate of drug-likeness (QED) is 0.905. The highest BCUT2D eigenvalue weighted by atomic mass is 16.5. The van der Waals surface area contributed by atoms with Crippen LogP contribution in [0, 0.1) is 6.92 Å². The molecule has 3 heterocycles. The zero-order valence-electron chi connectivity index (χ0n) is 12.6. The average Bonchev–Trinajstić information content (AvgIpc) is 3.10. The molecule has 1 aliphatic rings. The number of rotatable bonds is 3. The summed E-state index contributed by atoms with van der Waals surface area (Å²) in [5, 5.41) is 5.67. The highest BCUT2D eigenvalue weighted by molar-refractivity contribution is 5.88. The highest BCUT2D eigenvalue weighted by Gasteiger charge is 2.33. The van der Waals surface area contributed by atoms with Gasteiger partial charge in [0.05, 0.1) is 6.04 Å². The van der Waals surface area contributed by atoms with Crippen LogP contribution >= 0.6 is 0 Å².